The molecule has 0 heteroatoms. The van der Waals surface area contributed by atoms with Crippen LogP contribution in [0.25, 0.3) is 0 Å². The molecule has 0 aromatic carbocycles. The summed E-state index contributed by atoms with van der Waals surface area (Å²) in [5.74, 6) is 6.93. The summed E-state index contributed by atoms with van der Waals surface area (Å²) in [7, 11) is 0. The molecule has 0 nitrogen and oxygen atoms in total. The van der Waals surface area contributed by atoms with Gasteiger partial charge in [-0.25, -0.2) is 0 Å². The van der Waals surface area contributed by atoms with Gasteiger partial charge in [0.1, 0.15) is 0 Å². The van der Waals surface area contributed by atoms with Crippen LogP contribution >= 0.6 is 0 Å². The van der Waals surface area contributed by atoms with Crippen molar-refractivity contribution in [2.45, 2.75) is 38.5 Å². The summed E-state index contributed by atoms with van der Waals surface area (Å²) in [5, 5.41) is 0. The van der Waals surface area contributed by atoms with Crippen LogP contribution < -0.4 is 0 Å². The fraction of sp³-hybridized carbons (Fsp3) is 0.667. The molecule has 0 heterocycles. The molecule has 0 aromatic rings. The molecule has 0 radical (unpaired) electrons. The third-order valence-electron chi connectivity index (χ3n) is 2.83. The van der Waals surface area contributed by atoms with Crippen LogP contribution in [0.1, 0.15) is 38.5 Å². The highest BCUT2D eigenvalue weighted by atomic mass is 14.3. The number of terminal acetylenes is 2. The lowest BCUT2D eigenvalue weighted by Crippen LogP contribution is -2.18. The zero-order valence-electron chi connectivity index (χ0n) is 7.55. The minimum absolute atomic E-state index is 0.708. The number of hydrogen-bond acceptors (Lipinski definition) is 0. The normalized spacial score (nSPS) is 28.8. The van der Waals surface area contributed by atoms with E-state index in [2.05, 4.69) is 11.8 Å². The highest BCUT2D eigenvalue weighted by Crippen LogP contribution is 2.33. The van der Waals surface area contributed by atoms with E-state index in [4.69, 9.17) is 12.8 Å². The van der Waals surface area contributed by atoms with Crippen molar-refractivity contribution in [2.75, 3.05) is 0 Å². The zero-order chi connectivity index (χ0) is 8.81. The van der Waals surface area contributed by atoms with Gasteiger partial charge in [-0.05, 0) is 24.7 Å². The lowest BCUT2D eigenvalue weighted by molar-refractivity contribution is 0.246. The highest BCUT2D eigenvalue weighted by molar-refractivity contribution is 4.95. The van der Waals surface area contributed by atoms with Gasteiger partial charge in [0.05, 0.1) is 0 Å². The first-order valence-electron chi connectivity index (χ1n) is 4.75. The molecule has 12 heavy (non-hydrogen) atoms. The van der Waals surface area contributed by atoms with Crippen molar-refractivity contribution in [3.8, 4) is 24.7 Å². The first-order chi connectivity index (χ1) is 5.88. The summed E-state index contributed by atoms with van der Waals surface area (Å²) in [6.07, 6.45) is 17.7. The Morgan fingerprint density at radius 1 is 0.917 bits per heavy atom. The average molecular weight is 160 g/mol. The minimum atomic E-state index is 0.708. The summed E-state index contributed by atoms with van der Waals surface area (Å²) in [6, 6.07) is 0. The Labute approximate surface area is 75.7 Å². The number of rotatable bonds is 2. The molecular formula is C12H16. The van der Waals surface area contributed by atoms with Crippen LogP contribution in [0.2, 0.25) is 0 Å². The summed E-state index contributed by atoms with van der Waals surface area (Å²) in [4.78, 5) is 0. The Morgan fingerprint density at radius 2 is 1.33 bits per heavy atom. The predicted molar refractivity (Wildman–Crippen MR) is 52.3 cm³/mol. The Kier molecular flexibility index (Phi) is 3.75. The van der Waals surface area contributed by atoms with Gasteiger partial charge < -0.3 is 0 Å². The Hall–Kier alpha value is -0.880. The van der Waals surface area contributed by atoms with Gasteiger partial charge in [0.25, 0.3) is 0 Å². The van der Waals surface area contributed by atoms with E-state index < -0.39 is 0 Å². The van der Waals surface area contributed by atoms with Crippen molar-refractivity contribution in [3.05, 3.63) is 0 Å². The van der Waals surface area contributed by atoms with Crippen LogP contribution in [-0.4, -0.2) is 0 Å². The van der Waals surface area contributed by atoms with E-state index in [1.807, 2.05) is 0 Å². The van der Waals surface area contributed by atoms with E-state index >= 15 is 0 Å². The average Bonchev–Trinajstić information content (AvgIpc) is 2.09. The van der Waals surface area contributed by atoms with E-state index in [0.29, 0.717) is 11.8 Å². The molecule has 2 unspecified atom stereocenters. The molecule has 1 aliphatic rings. The van der Waals surface area contributed by atoms with Crippen LogP contribution in [0.4, 0.5) is 0 Å². The lowest BCUT2D eigenvalue weighted by Gasteiger charge is -2.28. The van der Waals surface area contributed by atoms with Gasteiger partial charge in [-0.1, -0.05) is 12.8 Å². The standard InChI is InChI=1S/C12H16/c1-3-7-11-9-5-6-10-12(11)8-4-2/h1-2,11-12H,5-10H2. The van der Waals surface area contributed by atoms with Crippen molar-refractivity contribution in [1.82, 2.24) is 0 Å². The van der Waals surface area contributed by atoms with Gasteiger partial charge in [0, 0.05) is 12.8 Å². The summed E-state index contributed by atoms with van der Waals surface area (Å²) in [6.45, 7) is 0. The van der Waals surface area contributed by atoms with E-state index in [9.17, 15) is 0 Å². The number of hydrogen-bond donors (Lipinski definition) is 0. The molecule has 1 aliphatic carbocycles. The van der Waals surface area contributed by atoms with Gasteiger partial charge in [0.2, 0.25) is 0 Å². The van der Waals surface area contributed by atoms with Crippen LogP contribution in [0.15, 0.2) is 0 Å². The lowest BCUT2D eigenvalue weighted by atomic mass is 9.76. The molecular weight excluding hydrogens is 144 g/mol. The topological polar surface area (TPSA) is 0 Å². The third kappa shape index (κ3) is 2.31. The molecule has 64 valence electrons. The molecule has 1 rings (SSSR count). The molecule has 0 bridgehead atoms. The van der Waals surface area contributed by atoms with Crippen molar-refractivity contribution in [2.24, 2.45) is 11.8 Å². The summed E-state index contributed by atoms with van der Waals surface area (Å²) < 4.78 is 0. The largest absolute Gasteiger partial charge is 0.120 e. The van der Waals surface area contributed by atoms with Crippen LogP contribution in [0.3, 0.4) is 0 Å². The van der Waals surface area contributed by atoms with Crippen molar-refractivity contribution >= 4 is 0 Å². The summed E-state index contributed by atoms with van der Waals surface area (Å²) >= 11 is 0. The second kappa shape index (κ2) is 4.89. The molecule has 0 saturated heterocycles. The molecule has 0 N–H and O–H groups in total. The van der Waals surface area contributed by atoms with Gasteiger partial charge in [-0.15, -0.1) is 24.7 Å². The molecule has 0 spiro atoms. The van der Waals surface area contributed by atoms with Gasteiger partial charge >= 0.3 is 0 Å². The Morgan fingerprint density at radius 3 is 1.67 bits per heavy atom. The monoisotopic (exact) mass is 160 g/mol. The fourth-order valence-electron chi connectivity index (χ4n) is 2.12. The van der Waals surface area contributed by atoms with Gasteiger partial charge in [0.15, 0.2) is 0 Å². The molecule has 0 amide bonds. The van der Waals surface area contributed by atoms with Gasteiger partial charge in [-0.3, -0.25) is 0 Å². The third-order valence-corrected chi connectivity index (χ3v) is 2.83. The molecule has 1 saturated carbocycles. The maximum Gasteiger partial charge on any atom is 0.0117 e. The van der Waals surface area contributed by atoms with Crippen LogP contribution in [0, 0.1) is 36.5 Å². The Balaban J connectivity index is 2.44. The smallest absolute Gasteiger partial charge is 0.0117 e. The molecule has 1 fully saturated rings. The molecule has 0 aromatic heterocycles. The van der Waals surface area contributed by atoms with E-state index in [-0.39, 0.29) is 0 Å². The van der Waals surface area contributed by atoms with Crippen molar-refractivity contribution in [3.63, 3.8) is 0 Å². The predicted octanol–water partition coefficient (Wildman–Crippen LogP) is 2.84. The van der Waals surface area contributed by atoms with Crippen molar-refractivity contribution < 1.29 is 0 Å². The van der Waals surface area contributed by atoms with E-state index in [1.165, 1.54) is 25.7 Å². The first-order valence-corrected chi connectivity index (χ1v) is 4.75. The highest BCUT2D eigenvalue weighted by Gasteiger charge is 2.23. The maximum absolute atomic E-state index is 5.32. The van der Waals surface area contributed by atoms with Gasteiger partial charge in [-0.2, -0.15) is 0 Å². The summed E-state index contributed by atoms with van der Waals surface area (Å²) in [5.41, 5.74) is 0. The van der Waals surface area contributed by atoms with E-state index in [1.54, 1.807) is 0 Å². The van der Waals surface area contributed by atoms with E-state index in [0.717, 1.165) is 12.8 Å². The zero-order valence-corrected chi connectivity index (χ0v) is 7.55. The second-order valence-electron chi connectivity index (χ2n) is 3.62. The Bertz CT molecular complexity index is 177. The van der Waals surface area contributed by atoms with Crippen molar-refractivity contribution in [1.29, 1.82) is 0 Å². The fourth-order valence-corrected chi connectivity index (χ4v) is 2.12. The maximum atomic E-state index is 5.32. The SMILES string of the molecule is C#CCC1CCCCC1CC#C. The minimum Gasteiger partial charge on any atom is -0.120 e. The van der Waals surface area contributed by atoms with Crippen LogP contribution in [0.5, 0.6) is 0 Å². The molecule has 0 aliphatic heterocycles. The quantitative estimate of drug-likeness (QED) is 0.545. The van der Waals surface area contributed by atoms with Crippen LogP contribution in [-0.2, 0) is 0 Å². The first kappa shape index (κ1) is 9.21. The molecule has 2 atom stereocenters. The second-order valence-corrected chi connectivity index (χ2v) is 3.62.